The minimum absolute atomic E-state index is 0.579. The number of benzene rings is 4. The van der Waals surface area contributed by atoms with Crippen molar-refractivity contribution < 1.29 is 0 Å². The van der Waals surface area contributed by atoms with Crippen LogP contribution in [0.25, 0.3) is 41.7 Å². The molecule has 0 saturated carbocycles. The van der Waals surface area contributed by atoms with E-state index in [4.69, 9.17) is 0 Å². The highest BCUT2D eigenvalue weighted by atomic mass is 32.2. The standard InChI is InChI=1S/C33H34S2/c1-5-6-7-8-9-27-10-11-31(34-27)28-15-26-19-33-30(17-24(26)14-22(28)4)29-16-23-12-20(2)21(3)13-25(23)18-32(29)35-33/h10,12-19,31H,5-9,11H2,1-4H3. The summed E-state index contributed by atoms with van der Waals surface area (Å²) in [5.74, 6) is 0. The monoisotopic (exact) mass is 494 g/mol. The molecule has 0 bridgehead atoms. The molecule has 6 rings (SSSR count). The van der Waals surface area contributed by atoms with E-state index < -0.39 is 0 Å². The number of hydrogen-bond donors (Lipinski definition) is 0. The van der Waals surface area contributed by atoms with Gasteiger partial charge in [-0.2, -0.15) is 0 Å². The Morgan fingerprint density at radius 1 is 0.686 bits per heavy atom. The molecule has 0 fully saturated rings. The maximum Gasteiger partial charge on any atom is 0.0378 e. The molecule has 0 aliphatic carbocycles. The highest BCUT2D eigenvalue weighted by molar-refractivity contribution is 8.03. The van der Waals surface area contributed by atoms with E-state index in [0.29, 0.717) is 5.25 Å². The van der Waals surface area contributed by atoms with E-state index in [1.807, 2.05) is 11.3 Å². The normalized spacial score (nSPS) is 16.2. The van der Waals surface area contributed by atoms with Gasteiger partial charge in [0.05, 0.1) is 0 Å². The topological polar surface area (TPSA) is 0 Å². The second kappa shape index (κ2) is 9.30. The minimum atomic E-state index is 0.579. The molecule has 5 aromatic rings. The first-order chi connectivity index (χ1) is 17.0. The van der Waals surface area contributed by atoms with Crippen LogP contribution in [0.5, 0.6) is 0 Å². The van der Waals surface area contributed by atoms with Gasteiger partial charge in [0.25, 0.3) is 0 Å². The maximum absolute atomic E-state index is 2.51. The Labute approximate surface area is 217 Å². The summed E-state index contributed by atoms with van der Waals surface area (Å²) >= 11 is 4.06. The van der Waals surface area contributed by atoms with Gasteiger partial charge in [-0.1, -0.05) is 50.5 Å². The number of thioether (sulfide) groups is 1. The molecule has 1 aromatic heterocycles. The van der Waals surface area contributed by atoms with Crippen LogP contribution in [0, 0.1) is 20.8 Å². The Morgan fingerprint density at radius 3 is 1.94 bits per heavy atom. The predicted molar refractivity (Wildman–Crippen MR) is 160 cm³/mol. The van der Waals surface area contributed by atoms with Crippen LogP contribution in [-0.2, 0) is 0 Å². The summed E-state index contributed by atoms with van der Waals surface area (Å²) in [5, 5.41) is 8.83. The molecule has 35 heavy (non-hydrogen) atoms. The average Bonchev–Trinajstić information content (AvgIpc) is 3.44. The predicted octanol–water partition coefficient (Wildman–Crippen LogP) is 11.3. The van der Waals surface area contributed by atoms with Gasteiger partial charge in [-0.3, -0.25) is 0 Å². The average molecular weight is 495 g/mol. The smallest absolute Gasteiger partial charge is 0.0378 e. The van der Waals surface area contributed by atoms with E-state index in [1.165, 1.54) is 102 Å². The zero-order chi connectivity index (χ0) is 24.1. The third kappa shape index (κ3) is 4.30. The number of thiophene rings is 1. The summed E-state index contributed by atoms with van der Waals surface area (Å²) in [7, 11) is 0. The van der Waals surface area contributed by atoms with Crippen molar-refractivity contribution in [2.24, 2.45) is 0 Å². The van der Waals surface area contributed by atoms with Crippen molar-refractivity contribution in [1.29, 1.82) is 0 Å². The summed E-state index contributed by atoms with van der Waals surface area (Å²) in [5.41, 5.74) is 5.70. The fourth-order valence-corrected chi connectivity index (χ4v) is 8.23. The van der Waals surface area contributed by atoms with Crippen molar-refractivity contribution in [1.82, 2.24) is 0 Å². The van der Waals surface area contributed by atoms with Gasteiger partial charge in [-0.25, -0.2) is 0 Å². The summed E-state index contributed by atoms with van der Waals surface area (Å²) < 4.78 is 2.80. The first-order valence-electron chi connectivity index (χ1n) is 13.2. The van der Waals surface area contributed by atoms with Gasteiger partial charge in [-0.15, -0.1) is 23.1 Å². The van der Waals surface area contributed by atoms with Crippen LogP contribution >= 0.6 is 23.1 Å². The van der Waals surface area contributed by atoms with Gasteiger partial charge in [0.2, 0.25) is 0 Å². The van der Waals surface area contributed by atoms with Crippen molar-refractivity contribution in [3.8, 4) is 0 Å². The van der Waals surface area contributed by atoms with Gasteiger partial charge >= 0.3 is 0 Å². The number of rotatable bonds is 6. The van der Waals surface area contributed by atoms with Crippen LogP contribution in [0.4, 0.5) is 0 Å². The third-order valence-corrected chi connectivity index (χ3v) is 10.4. The lowest BCUT2D eigenvalue weighted by molar-refractivity contribution is 0.672. The molecule has 0 amide bonds. The van der Waals surface area contributed by atoms with Gasteiger partial charge in [0.1, 0.15) is 0 Å². The van der Waals surface area contributed by atoms with Gasteiger partial charge in [-0.05, 0) is 119 Å². The van der Waals surface area contributed by atoms with Crippen molar-refractivity contribution in [3.05, 3.63) is 81.8 Å². The molecule has 1 aliphatic heterocycles. The van der Waals surface area contributed by atoms with Crippen molar-refractivity contribution in [2.45, 2.75) is 71.5 Å². The second-order valence-corrected chi connectivity index (χ2v) is 12.9. The Kier molecular flexibility index (Phi) is 6.15. The molecule has 0 N–H and O–H groups in total. The number of fused-ring (bicyclic) bond motifs is 5. The van der Waals surface area contributed by atoms with Crippen molar-refractivity contribution in [2.75, 3.05) is 0 Å². The zero-order valence-corrected chi connectivity index (χ0v) is 23.0. The number of aryl methyl sites for hydroxylation is 3. The first-order valence-corrected chi connectivity index (χ1v) is 14.9. The number of hydrogen-bond acceptors (Lipinski definition) is 2. The molecule has 1 aliphatic rings. The van der Waals surface area contributed by atoms with Crippen molar-refractivity contribution in [3.63, 3.8) is 0 Å². The van der Waals surface area contributed by atoms with Gasteiger partial charge in [0.15, 0.2) is 0 Å². The molecule has 2 heterocycles. The Balaban J connectivity index is 1.36. The van der Waals surface area contributed by atoms with Gasteiger partial charge < -0.3 is 0 Å². The third-order valence-electron chi connectivity index (χ3n) is 7.86. The minimum Gasteiger partial charge on any atom is -0.135 e. The molecule has 1 atom stereocenters. The highest BCUT2D eigenvalue weighted by Crippen LogP contribution is 2.47. The van der Waals surface area contributed by atoms with Crippen LogP contribution in [0.2, 0.25) is 0 Å². The molecule has 2 heteroatoms. The quantitative estimate of drug-likeness (QED) is 0.211. The van der Waals surface area contributed by atoms with E-state index in [2.05, 4.69) is 94.1 Å². The Bertz CT molecular complexity index is 1620. The first kappa shape index (κ1) is 23.1. The lowest BCUT2D eigenvalue weighted by Crippen LogP contribution is -1.94. The molecule has 178 valence electrons. The SMILES string of the molecule is CCCCCCC1=CCC(c2cc3cc4sc5cc6cc(C)c(C)cc6cc5c4cc3cc2C)S1. The van der Waals surface area contributed by atoms with Crippen LogP contribution in [0.15, 0.2) is 59.5 Å². The lowest BCUT2D eigenvalue weighted by atomic mass is 9.96. The second-order valence-electron chi connectivity index (χ2n) is 10.5. The molecular weight excluding hydrogens is 460 g/mol. The van der Waals surface area contributed by atoms with E-state index >= 15 is 0 Å². The van der Waals surface area contributed by atoms with E-state index in [0.717, 1.165) is 0 Å². The summed E-state index contributed by atoms with van der Waals surface area (Å²) in [6, 6.07) is 19.3. The van der Waals surface area contributed by atoms with E-state index in [-0.39, 0.29) is 0 Å². The van der Waals surface area contributed by atoms with Crippen LogP contribution in [-0.4, -0.2) is 0 Å². The maximum atomic E-state index is 2.51. The van der Waals surface area contributed by atoms with E-state index in [1.54, 1.807) is 4.91 Å². The molecule has 4 aromatic carbocycles. The molecule has 0 radical (unpaired) electrons. The number of allylic oxidation sites excluding steroid dienone is 2. The summed E-state index contributed by atoms with van der Waals surface area (Å²) in [4.78, 5) is 1.61. The molecule has 0 spiro atoms. The molecule has 1 unspecified atom stereocenters. The van der Waals surface area contributed by atoms with Crippen LogP contribution in [0.3, 0.4) is 0 Å². The van der Waals surface area contributed by atoms with Crippen LogP contribution in [0.1, 0.15) is 73.0 Å². The fourth-order valence-electron chi connectivity index (χ4n) is 5.67. The molecule has 0 saturated heterocycles. The summed E-state index contributed by atoms with van der Waals surface area (Å²) in [6.45, 7) is 9.03. The number of unbranched alkanes of at least 4 members (excludes halogenated alkanes) is 3. The van der Waals surface area contributed by atoms with Crippen molar-refractivity contribution >= 4 is 64.8 Å². The van der Waals surface area contributed by atoms with Crippen LogP contribution < -0.4 is 0 Å². The lowest BCUT2D eigenvalue weighted by Gasteiger charge is -2.15. The Hall–Kier alpha value is -2.29. The molecular formula is C33H34S2. The zero-order valence-electron chi connectivity index (χ0n) is 21.3. The van der Waals surface area contributed by atoms with E-state index in [9.17, 15) is 0 Å². The Morgan fingerprint density at radius 2 is 1.29 bits per heavy atom. The molecule has 0 nitrogen and oxygen atoms in total. The summed E-state index contributed by atoms with van der Waals surface area (Å²) in [6.07, 6.45) is 10.3. The fraction of sp³-hybridized carbons (Fsp3) is 0.333. The largest absolute Gasteiger partial charge is 0.135 e. The van der Waals surface area contributed by atoms with Gasteiger partial charge in [0, 0.05) is 25.4 Å². The highest BCUT2D eigenvalue weighted by Gasteiger charge is 2.21.